The third kappa shape index (κ3) is 9.58. The van der Waals surface area contributed by atoms with E-state index in [1.807, 2.05) is 60.7 Å². The molecule has 0 aliphatic rings. The number of hydrogen-bond donors (Lipinski definition) is 3. The third-order valence-corrected chi connectivity index (χ3v) is 5.78. The van der Waals surface area contributed by atoms with E-state index in [9.17, 15) is 19.2 Å². The van der Waals surface area contributed by atoms with Gasteiger partial charge in [0.2, 0.25) is 11.8 Å². The van der Waals surface area contributed by atoms with Gasteiger partial charge in [0.25, 0.3) is 0 Å². The molecule has 0 spiro atoms. The Labute approximate surface area is 234 Å². The van der Waals surface area contributed by atoms with E-state index >= 15 is 0 Å². The second kappa shape index (κ2) is 13.9. The van der Waals surface area contributed by atoms with Crippen LogP contribution in [-0.4, -0.2) is 48.7 Å². The summed E-state index contributed by atoms with van der Waals surface area (Å²) >= 11 is 0. The van der Waals surface area contributed by atoms with Crippen LogP contribution in [0, 0.1) is 0 Å². The molecule has 0 aliphatic carbocycles. The fourth-order valence-corrected chi connectivity index (χ4v) is 3.88. The predicted octanol–water partition coefficient (Wildman–Crippen LogP) is 4.28. The number of ether oxygens (including phenoxy) is 2. The Morgan fingerprint density at radius 2 is 1.20 bits per heavy atom. The van der Waals surface area contributed by atoms with Crippen molar-refractivity contribution in [2.75, 3.05) is 12.4 Å². The minimum absolute atomic E-state index is 0.195. The summed E-state index contributed by atoms with van der Waals surface area (Å²) < 4.78 is 10.1. The van der Waals surface area contributed by atoms with E-state index in [1.54, 1.807) is 32.9 Å². The summed E-state index contributed by atoms with van der Waals surface area (Å²) in [5.41, 5.74) is 1.69. The van der Waals surface area contributed by atoms with Crippen LogP contribution in [0.5, 0.6) is 0 Å². The Kier molecular flexibility index (Phi) is 10.4. The van der Waals surface area contributed by atoms with E-state index in [1.165, 1.54) is 19.2 Å². The first-order chi connectivity index (χ1) is 19.0. The lowest BCUT2D eigenvalue weighted by Gasteiger charge is -2.25. The quantitative estimate of drug-likeness (QED) is 0.327. The summed E-state index contributed by atoms with van der Waals surface area (Å²) in [5.74, 6) is -1.49. The molecule has 0 fully saturated rings. The van der Waals surface area contributed by atoms with Crippen molar-refractivity contribution in [3.8, 4) is 0 Å². The van der Waals surface area contributed by atoms with Gasteiger partial charge in [-0.05, 0) is 56.2 Å². The van der Waals surface area contributed by atoms with Gasteiger partial charge in [-0.1, -0.05) is 60.7 Å². The largest absolute Gasteiger partial charge is 0.465 e. The maximum absolute atomic E-state index is 13.5. The van der Waals surface area contributed by atoms with Gasteiger partial charge in [0.15, 0.2) is 0 Å². The van der Waals surface area contributed by atoms with Gasteiger partial charge >= 0.3 is 12.1 Å². The van der Waals surface area contributed by atoms with E-state index in [0.29, 0.717) is 11.3 Å². The van der Waals surface area contributed by atoms with Crippen molar-refractivity contribution in [2.24, 2.45) is 0 Å². The summed E-state index contributed by atoms with van der Waals surface area (Å²) in [6.07, 6.45) is -0.331. The average molecular weight is 546 g/mol. The molecule has 3 aromatic rings. The zero-order chi connectivity index (χ0) is 29.1. The van der Waals surface area contributed by atoms with E-state index in [4.69, 9.17) is 9.47 Å². The molecule has 9 heteroatoms. The van der Waals surface area contributed by atoms with Crippen molar-refractivity contribution in [1.82, 2.24) is 10.6 Å². The van der Waals surface area contributed by atoms with Crippen molar-refractivity contribution in [1.29, 1.82) is 0 Å². The number of benzene rings is 3. The molecule has 0 bridgehead atoms. The molecule has 0 aliphatic heterocycles. The second-order valence-electron chi connectivity index (χ2n) is 10.2. The number of nitrogens with one attached hydrogen (secondary N) is 3. The van der Waals surface area contributed by atoms with Crippen molar-refractivity contribution in [3.05, 3.63) is 102 Å². The number of amides is 3. The first-order valence-electron chi connectivity index (χ1n) is 12.9. The van der Waals surface area contributed by atoms with E-state index in [-0.39, 0.29) is 12.8 Å². The Morgan fingerprint density at radius 1 is 0.700 bits per heavy atom. The summed E-state index contributed by atoms with van der Waals surface area (Å²) in [7, 11) is 1.29. The molecule has 2 atom stereocenters. The highest BCUT2D eigenvalue weighted by atomic mass is 16.6. The van der Waals surface area contributed by atoms with Gasteiger partial charge in [0, 0.05) is 18.5 Å². The van der Waals surface area contributed by atoms with Crippen molar-refractivity contribution in [3.63, 3.8) is 0 Å². The van der Waals surface area contributed by atoms with Crippen LogP contribution in [-0.2, 0) is 31.9 Å². The molecule has 210 valence electrons. The highest BCUT2D eigenvalue weighted by Crippen LogP contribution is 2.13. The normalized spacial score (nSPS) is 12.4. The summed E-state index contributed by atoms with van der Waals surface area (Å²) in [4.78, 5) is 51.3. The van der Waals surface area contributed by atoms with Crippen LogP contribution < -0.4 is 16.0 Å². The summed E-state index contributed by atoms with van der Waals surface area (Å²) in [5, 5.41) is 8.27. The van der Waals surface area contributed by atoms with Crippen LogP contribution >= 0.6 is 0 Å². The number of carbonyl (C=O) groups is 4. The lowest BCUT2D eigenvalue weighted by atomic mass is 10.0. The van der Waals surface area contributed by atoms with Gasteiger partial charge < -0.3 is 25.4 Å². The third-order valence-electron chi connectivity index (χ3n) is 5.78. The van der Waals surface area contributed by atoms with E-state index in [2.05, 4.69) is 16.0 Å². The molecule has 0 unspecified atom stereocenters. The first kappa shape index (κ1) is 29.9. The molecule has 3 N–H and O–H groups in total. The van der Waals surface area contributed by atoms with Crippen LogP contribution in [0.25, 0.3) is 0 Å². The number of carbonyl (C=O) groups excluding carboxylic acids is 4. The molecule has 0 saturated heterocycles. The lowest BCUT2D eigenvalue weighted by Crippen LogP contribution is -2.54. The smallest absolute Gasteiger partial charge is 0.408 e. The number of esters is 1. The van der Waals surface area contributed by atoms with Crippen LogP contribution in [0.2, 0.25) is 0 Å². The fraction of sp³-hybridized carbons (Fsp3) is 0.290. The molecule has 0 saturated carbocycles. The lowest BCUT2D eigenvalue weighted by molar-refractivity contribution is -0.127. The molecule has 0 aromatic heterocycles. The Bertz CT molecular complexity index is 1290. The Hall–Kier alpha value is -4.66. The topological polar surface area (TPSA) is 123 Å². The molecule has 3 aromatic carbocycles. The van der Waals surface area contributed by atoms with Gasteiger partial charge in [0.05, 0.1) is 12.7 Å². The van der Waals surface area contributed by atoms with Crippen LogP contribution in [0.3, 0.4) is 0 Å². The van der Waals surface area contributed by atoms with Crippen molar-refractivity contribution in [2.45, 2.75) is 51.3 Å². The monoisotopic (exact) mass is 545 g/mol. The molecule has 3 rings (SSSR count). The maximum Gasteiger partial charge on any atom is 0.408 e. The summed E-state index contributed by atoms with van der Waals surface area (Å²) in [6.45, 7) is 5.20. The molecular weight excluding hydrogens is 510 g/mol. The zero-order valence-electron chi connectivity index (χ0n) is 23.1. The molecule has 3 amide bonds. The minimum atomic E-state index is -0.998. The number of anilines is 1. The molecule has 40 heavy (non-hydrogen) atoms. The van der Waals surface area contributed by atoms with E-state index in [0.717, 1.165) is 11.1 Å². The number of rotatable bonds is 10. The van der Waals surface area contributed by atoms with Crippen molar-refractivity contribution < 1.29 is 28.7 Å². The van der Waals surface area contributed by atoms with Gasteiger partial charge in [-0.15, -0.1) is 0 Å². The second-order valence-corrected chi connectivity index (χ2v) is 10.2. The van der Waals surface area contributed by atoms with Crippen molar-refractivity contribution >= 4 is 29.6 Å². The number of methoxy groups -OCH3 is 1. The molecule has 0 radical (unpaired) electrons. The highest BCUT2D eigenvalue weighted by molar-refractivity contribution is 5.99. The van der Waals surface area contributed by atoms with Gasteiger partial charge in [-0.2, -0.15) is 0 Å². The first-order valence-corrected chi connectivity index (χ1v) is 12.9. The highest BCUT2D eigenvalue weighted by Gasteiger charge is 2.29. The standard InChI is InChI=1S/C31H35N3O6/c1-31(2,3)40-30(38)34-26(20-22-13-9-6-10-14-22)28(36)33-25(19-21-11-7-5-8-12-21)27(35)32-24-17-15-23(16-18-24)29(37)39-4/h5-18,25-26H,19-20H2,1-4H3,(H,32,35)(H,33,36)(H,34,38)/t25-,26-/m1/s1. The van der Waals surface area contributed by atoms with Crippen LogP contribution in [0.4, 0.5) is 10.5 Å². The fourth-order valence-electron chi connectivity index (χ4n) is 3.88. The zero-order valence-corrected chi connectivity index (χ0v) is 23.1. The molecule has 9 nitrogen and oxygen atoms in total. The van der Waals surface area contributed by atoms with Gasteiger partial charge in [-0.3, -0.25) is 9.59 Å². The van der Waals surface area contributed by atoms with Crippen LogP contribution in [0.15, 0.2) is 84.9 Å². The Balaban J connectivity index is 1.81. The Morgan fingerprint density at radius 3 is 1.68 bits per heavy atom. The van der Waals surface area contributed by atoms with Crippen LogP contribution in [0.1, 0.15) is 42.3 Å². The predicted molar refractivity (Wildman–Crippen MR) is 152 cm³/mol. The van der Waals surface area contributed by atoms with Gasteiger partial charge in [-0.25, -0.2) is 9.59 Å². The van der Waals surface area contributed by atoms with E-state index < -0.39 is 41.6 Å². The number of alkyl carbamates (subject to hydrolysis) is 1. The minimum Gasteiger partial charge on any atom is -0.465 e. The maximum atomic E-state index is 13.5. The summed E-state index contributed by atoms with van der Waals surface area (Å²) in [6, 6.07) is 22.8. The molecular formula is C31H35N3O6. The molecule has 0 heterocycles. The van der Waals surface area contributed by atoms with Gasteiger partial charge in [0.1, 0.15) is 17.7 Å². The average Bonchev–Trinajstić information content (AvgIpc) is 2.92. The number of hydrogen-bond acceptors (Lipinski definition) is 6. The SMILES string of the molecule is COC(=O)c1ccc(NC(=O)[C@@H](Cc2ccccc2)NC(=O)[C@@H](Cc2ccccc2)NC(=O)OC(C)(C)C)cc1.